The van der Waals surface area contributed by atoms with Gasteiger partial charge in [0.15, 0.2) is 0 Å². The highest BCUT2D eigenvalue weighted by Gasteiger charge is 2.22. The predicted molar refractivity (Wildman–Crippen MR) is 61.9 cm³/mol. The summed E-state index contributed by atoms with van der Waals surface area (Å²) in [6, 6.07) is 2.17. The summed E-state index contributed by atoms with van der Waals surface area (Å²) in [7, 11) is 0. The van der Waals surface area contributed by atoms with Crippen LogP contribution in [0, 0.1) is 12.8 Å². The number of hydrogen-bond acceptors (Lipinski definition) is 1. The van der Waals surface area contributed by atoms with Crippen molar-refractivity contribution in [3.8, 4) is 0 Å². The van der Waals surface area contributed by atoms with Crippen LogP contribution in [-0.4, -0.2) is 9.67 Å². The zero-order valence-corrected chi connectivity index (χ0v) is 9.95. The number of fused-ring (bicyclic) bond motifs is 1. The average Bonchev–Trinajstić information content (AvgIpc) is 2.45. The summed E-state index contributed by atoms with van der Waals surface area (Å²) in [5.74, 6) is 0.666. The first-order valence-corrected chi connectivity index (χ1v) is 5.96. The maximum Gasteiger partial charge on any atom is 0.0807 e. The van der Waals surface area contributed by atoms with Crippen LogP contribution in [0.15, 0.2) is 6.07 Å². The molecule has 84 valence electrons. The quantitative estimate of drug-likeness (QED) is 0.792. The Morgan fingerprint density at radius 3 is 2.93 bits per heavy atom. The zero-order chi connectivity index (χ0) is 11.0. The molecule has 1 heterocycles. The van der Waals surface area contributed by atoms with E-state index < -0.39 is 0 Å². The molecule has 1 aromatic rings. The lowest BCUT2D eigenvalue weighted by molar-refractivity contribution is 0.155. The van der Waals surface area contributed by atoms with Crippen LogP contribution in [0.1, 0.15) is 49.7 Å². The standard InChI is InChI=1S/C13H21NO/c1-9(2)8-14-10(3)7-11-12(14)5-4-6-13(11)15/h7,9,13,15H,4-6,8H2,1-3H3. The molecule has 0 aliphatic heterocycles. The average molecular weight is 207 g/mol. The van der Waals surface area contributed by atoms with Crippen LogP contribution in [0.3, 0.4) is 0 Å². The Morgan fingerprint density at radius 1 is 1.53 bits per heavy atom. The predicted octanol–water partition coefficient (Wildman–Crippen LogP) is 2.82. The maximum atomic E-state index is 9.92. The van der Waals surface area contributed by atoms with Crippen LogP contribution in [0.4, 0.5) is 0 Å². The second kappa shape index (κ2) is 4.01. The van der Waals surface area contributed by atoms with Gasteiger partial charge in [-0.3, -0.25) is 0 Å². The molecule has 1 unspecified atom stereocenters. The van der Waals surface area contributed by atoms with E-state index in [1.165, 1.54) is 17.0 Å². The van der Waals surface area contributed by atoms with Crippen LogP contribution in [0.2, 0.25) is 0 Å². The number of aliphatic hydroxyl groups is 1. The topological polar surface area (TPSA) is 25.2 Å². The van der Waals surface area contributed by atoms with Gasteiger partial charge in [-0.15, -0.1) is 0 Å². The second-order valence-corrected chi connectivity index (χ2v) is 5.10. The third-order valence-electron chi connectivity index (χ3n) is 3.25. The number of aromatic nitrogens is 1. The molecule has 0 saturated carbocycles. The molecule has 0 aromatic carbocycles. The van der Waals surface area contributed by atoms with E-state index in [-0.39, 0.29) is 6.10 Å². The number of hydrogen-bond donors (Lipinski definition) is 1. The van der Waals surface area contributed by atoms with Gasteiger partial charge >= 0.3 is 0 Å². The Kier molecular flexibility index (Phi) is 2.87. The highest BCUT2D eigenvalue weighted by Crippen LogP contribution is 2.32. The Morgan fingerprint density at radius 2 is 2.27 bits per heavy atom. The minimum Gasteiger partial charge on any atom is -0.388 e. The minimum absolute atomic E-state index is 0.221. The van der Waals surface area contributed by atoms with Crippen molar-refractivity contribution in [2.75, 3.05) is 0 Å². The van der Waals surface area contributed by atoms with E-state index in [2.05, 4.69) is 31.4 Å². The van der Waals surface area contributed by atoms with Crippen molar-refractivity contribution in [3.05, 3.63) is 23.0 Å². The van der Waals surface area contributed by atoms with Gasteiger partial charge in [-0.05, 0) is 38.2 Å². The van der Waals surface area contributed by atoms with E-state index in [0.29, 0.717) is 5.92 Å². The molecule has 2 rings (SSSR count). The molecular weight excluding hydrogens is 186 g/mol. The summed E-state index contributed by atoms with van der Waals surface area (Å²) >= 11 is 0. The van der Waals surface area contributed by atoms with Gasteiger partial charge in [0.05, 0.1) is 6.10 Å². The Bertz CT molecular complexity index is 352. The first kappa shape index (κ1) is 10.7. The van der Waals surface area contributed by atoms with Gasteiger partial charge in [-0.2, -0.15) is 0 Å². The first-order valence-electron chi connectivity index (χ1n) is 5.96. The number of aliphatic hydroxyl groups excluding tert-OH is 1. The molecule has 1 aliphatic carbocycles. The Balaban J connectivity index is 2.38. The summed E-state index contributed by atoms with van der Waals surface area (Å²) in [4.78, 5) is 0. The fourth-order valence-corrected chi connectivity index (χ4v) is 2.56. The van der Waals surface area contributed by atoms with Gasteiger partial charge < -0.3 is 9.67 Å². The van der Waals surface area contributed by atoms with Gasteiger partial charge in [0.1, 0.15) is 0 Å². The molecule has 15 heavy (non-hydrogen) atoms. The Labute approximate surface area is 91.9 Å². The number of rotatable bonds is 2. The van der Waals surface area contributed by atoms with Crippen molar-refractivity contribution >= 4 is 0 Å². The normalized spacial score (nSPS) is 20.7. The Hall–Kier alpha value is -0.760. The van der Waals surface area contributed by atoms with E-state index >= 15 is 0 Å². The summed E-state index contributed by atoms with van der Waals surface area (Å²) in [5.41, 5.74) is 3.86. The van der Waals surface area contributed by atoms with Gasteiger partial charge in [-0.1, -0.05) is 13.8 Å². The van der Waals surface area contributed by atoms with Crippen LogP contribution in [0.25, 0.3) is 0 Å². The third kappa shape index (κ3) is 1.96. The molecule has 0 bridgehead atoms. The first-order chi connectivity index (χ1) is 7.09. The van der Waals surface area contributed by atoms with E-state index in [1.807, 2.05) is 0 Å². The van der Waals surface area contributed by atoms with E-state index in [9.17, 15) is 5.11 Å². The largest absolute Gasteiger partial charge is 0.388 e. The SMILES string of the molecule is Cc1cc2c(n1CC(C)C)CCCC2O. The van der Waals surface area contributed by atoms with E-state index in [0.717, 1.165) is 25.8 Å². The molecule has 0 radical (unpaired) electrons. The van der Waals surface area contributed by atoms with Crippen molar-refractivity contribution in [2.24, 2.45) is 5.92 Å². The van der Waals surface area contributed by atoms with Crippen LogP contribution in [-0.2, 0) is 13.0 Å². The van der Waals surface area contributed by atoms with Crippen molar-refractivity contribution in [2.45, 2.75) is 52.7 Å². The summed E-state index contributed by atoms with van der Waals surface area (Å²) in [6.45, 7) is 7.71. The molecular formula is C13H21NO. The molecule has 0 spiro atoms. The van der Waals surface area contributed by atoms with Gasteiger partial charge in [0.2, 0.25) is 0 Å². The molecule has 0 fully saturated rings. The molecule has 0 saturated heterocycles. The fourth-order valence-electron chi connectivity index (χ4n) is 2.56. The van der Waals surface area contributed by atoms with Crippen LogP contribution in [0.5, 0.6) is 0 Å². The van der Waals surface area contributed by atoms with E-state index in [4.69, 9.17) is 0 Å². The lowest BCUT2D eigenvalue weighted by Gasteiger charge is -2.21. The smallest absolute Gasteiger partial charge is 0.0807 e. The molecule has 1 atom stereocenters. The van der Waals surface area contributed by atoms with Crippen molar-refractivity contribution in [1.29, 1.82) is 0 Å². The molecule has 1 aliphatic rings. The molecule has 1 N–H and O–H groups in total. The molecule has 0 amide bonds. The monoisotopic (exact) mass is 207 g/mol. The van der Waals surface area contributed by atoms with Crippen LogP contribution >= 0.6 is 0 Å². The third-order valence-corrected chi connectivity index (χ3v) is 3.25. The summed E-state index contributed by atoms with van der Waals surface area (Å²) in [6.07, 6.45) is 2.96. The molecule has 1 aromatic heterocycles. The molecule has 2 heteroatoms. The lowest BCUT2D eigenvalue weighted by Crippen LogP contribution is -2.14. The van der Waals surface area contributed by atoms with Crippen LogP contribution < -0.4 is 0 Å². The minimum atomic E-state index is -0.221. The number of aryl methyl sites for hydroxylation is 1. The molecule has 2 nitrogen and oxygen atoms in total. The van der Waals surface area contributed by atoms with Gasteiger partial charge in [0.25, 0.3) is 0 Å². The van der Waals surface area contributed by atoms with Gasteiger partial charge in [0, 0.05) is 23.5 Å². The van der Waals surface area contributed by atoms with Gasteiger partial charge in [-0.25, -0.2) is 0 Å². The summed E-state index contributed by atoms with van der Waals surface area (Å²) < 4.78 is 2.39. The van der Waals surface area contributed by atoms with Crippen molar-refractivity contribution in [3.63, 3.8) is 0 Å². The maximum absolute atomic E-state index is 9.92. The van der Waals surface area contributed by atoms with Crippen molar-refractivity contribution < 1.29 is 5.11 Å². The number of nitrogens with zero attached hydrogens (tertiary/aromatic N) is 1. The highest BCUT2D eigenvalue weighted by molar-refractivity contribution is 5.31. The van der Waals surface area contributed by atoms with Crippen molar-refractivity contribution in [1.82, 2.24) is 4.57 Å². The lowest BCUT2D eigenvalue weighted by atomic mass is 9.95. The fraction of sp³-hybridized carbons (Fsp3) is 0.692. The summed E-state index contributed by atoms with van der Waals surface area (Å²) in [5, 5.41) is 9.92. The van der Waals surface area contributed by atoms with E-state index in [1.54, 1.807) is 0 Å². The second-order valence-electron chi connectivity index (χ2n) is 5.10. The zero-order valence-electron chi connectivity index (χ0n) is 9.95. The highest BCUT2D eigenvalue weighted by atomic mass is 16.3.